The van der Waals surface area contributed by atoms with E-state index < -0.39 is 6.10 Å². The van der Waals surface area contributed by atoms with Crippen LogP contribution in [-0.4, -0.2) is 34.7 Å². The molecule has 2 rings (SSSR count). The van der Waals surface area contributed by atoms with Crippen LogP contribution < -0.4 is 9.47 Å². The van der Waals surface area contributed by atoms with E-state index in [4.69, 9.17) is 21.1 Å². The molecule has 6 heteroatoms. The van der Waals surface area contributed by atoms with Crippen molar-refractivity contribution in [2.24, 2.45) is 0 Å². The number of benzene rings is 1. The van der Waals surface area contributed by atoms with Crippen molar-refractivity contribution in [1.29, 1.82) is 0 Å². The van der Waals surface area contributed by atoms with Crippen LogP contribution in [0.4, 0.5) is 0 Å². The van der Waals surface area contributed by atoms with Crippen LogP contribution in [0.3, 0.4) is 0 Å². The minimum atomic E-state index is -0.706. The number of halogens is 1. The van der Waals surface area contributed by atoms with Crippen molar-refractivity contribution < 1.29 is 14.6 Å². The summed E-state index contributed by atoms with van der Waals surface area (Å²) < 4.78 is 12.6. The first-order valence-electron chi connectivity index (χ1n) is 7.31. The maximum atomic E-state index is 10.1. The predicted octanol–water partition coefficient (Wildman–Crippen LogP) is 3.02. The third-order valence-electron chi connectivity index (χ3n) is 3.47. The highest BCUT2D eigenvalue weighted by molar-refractivity contribution is 6.31. The van der Waals surface area contributed by atoms with E-state index in [1.165, 1.54) is 0 Å². The Morgan fingerprint density at radius 1 is 1.43 bits per heavy atom. The zero-order valence-electron chi connectivity index (χ0n) is 13.3. The van der Waals surface area contributed by atoms with Crippen molar-refractivity contribution >= 4 is 11.6 Å². The predicted molar refractivity (Wildman–Crippen MR) is 90.4 cm³/mol. The average molecular weight is 337 g/mol. The molecule has 0 fully saturated rings. The van der Waals surface area contributed by atoms with Gasteiger partial charge in [0.25, 0.3) is 0 Å². The van der Waals surface area contributed by atoms with E-state index in [-0.39, 0.29) is 6.61 Å². The van der Waals surface area contributed by atoms with Gasteiger partial charge in [-0.15, -0.1) is 6.58 Å². The Bertz CT molecular complexity index is 670. The monoisotopic (exact) mass is 336 g/mol. The maximum absolute atomic E-state index is 10.1. The molecule has 5 nitrogen and oxygen atoms in total. The van der Waals surface area contributed by atoms with E-state index in [1.807, 2.05) is 31.2 Å². The van der Waals surface area contributed by atoms with Gasteiger partial charge in [-0.2, -0.15) is 5.10 Å². The van der Waals surface area contributed by atoms with Crippen molar-refractivity contribution in [1.82, 2.24) is 9.78 Å². The van der Waals surface area contributed by atoms with Crippen LogP contribution in [-0.2, 0) is 13.0 Å². The van der Waals surface area contributed by atoms with E-state index >= 15 is 0 Å². The third kappa shape index (κ3) is 4.50. The van der Waals surface area contributed by atoms with Crippen molar-refractivity contribution in [2.75, 3.05) is 13.7 Å². The number of methoxy groups -OCH3 is 1. The molecule has 1 unspecified atom stereocenters. The number of rotatable bonds is 8. The first-order chi connectivity index (χ1) is 11.0. The van der Waals surface area contributed by atoms with Gasteiger partial charge in [0, 0.05) is 0 Å². The van der Waals surface area contributed by atoms with Gasteiger partial charge in [0.15, 0.2) is 11.5 Å². The molecule has 0 amide bonds. The molecule has 0 aliphatic rings. The molecule has 0 saturated carbocycles. The fourth-order valence-electron chi connectivity index (χ4n) is 2.17. The normalized spacial score (nSPS) is 12.0. The standard InChI is InChI=1S/C17H21ClN2O3/c1-4-5-13-6-7-16(17(8-13)22-3)23-11-14(21)10-20-12(2)15(18)9-19-20/h4,6-9,14,21H,1,5,10-11H2,2-3H3. The van der Waals surface area contributed by atoms with Crippen molar-refractivity contribution in [3.8, 4) is 11.5 Å². The van der Waals surface area contributed by atoms with Gasteiger partial charge < -0.3 is 14.6 Å². The maximum Gasteiger partial charge on any atom is 0.161 e. The van der Waals surface area contributed by atoms with E-state index in [2.05, 4.69) is 11.7 Å². The lowest BCUT2D eigenvalue weighted by Crippen LogP contribution is -2.24. The number of aliphatic hydroxyl groups excluding tert-OH is 1. The summed E-state index contributed by atoms with van der Waals surface area (Å²) in [5, 5.41) is 14.8. The number of aromatic nitrogens is 2. The van der Waals surface area contributed by atoms with E-state index in [0.29, 0.717) is 23.1 Å². The molecule has 1 aromatic carbocycles. The number of hydrogen-bond donors (Lipinski definition) is 1. The molecule has 1 aromatic heterocycles. The molecule has 1 atom stereocenters. The van der Waals surface area contributed by atoms with Crippen LogP contribution in [0, 0.1) is 6.92 Å². The van der Waals surface area contributed by atoms with Gasteiger partial charge in [-0.3, -0.25) is 4.68 Å². The minimum Gasteiger partial charge on any atom is -0.493 e. The smallest absolute Gasteiger partial charge is 0.161 e. The van der Waals surface area contributed by atoms with Gasteiger partial charge in [0.1, 0.15) is 12.7 Å². The second kappa shape index (κ2) is 8.04. The fourth-order valence-corrected chi connectivity index (χ4v) is 2.31. The van der Waals surface area contributed by atoms with E-state index in [0.717, 1.165) is 17.7 Å². The van der Waals surface area contributed by atoms with Crippen molar-refractivity contribution in [2.45, 2.75) is 26.0 Å². The van der Waals surface area contributed by atoms with Gasteiger partial charge in [-0.25, -0.2) is 0 Å². The first kappa shape index (κ1) is 17.4. The Balaban J connectivity index is 1.97. The molecule has 1 N–H and O–H groups in total. The van der Waals surface area contributed by atoms with Gasteiger partial charge in [-0.05, 0) is 31.0 Å². The summed E-state index contributed by atoms with van der Waals surface area (Å²) in [6.07, 6.45) is 3.45. The van der Waals surface area contributed by atoms with Crippen LogP contribution >= 0.6 is 11.6 Å². The second-order valence-electron chi connectivity index (χ2n) is 5.20. The Hall–Kier alpha value is -1.98. The number of hydrogen-bond acceptors (Lipinski definition) is 4. The molecular formula is C17H21ClN2O3. The Morgan fingerprint density at radius 2 is 2.22 bits per heavy atom. The van der Waals surface area contributed by atoms with Gasteiger partial charge in [-0.1, -0.05) is 23.7 Å². The summed E-state index contributed by atoms with van der Waals surface area (Å²) in [6, 6.07) is 5.69. The first-order valence-corrected chi connectivity index (χ1v) is 7.69. The second-order valence-corrected chi connectivity index (χ2v) is 5.61. The van der Waals surface area contributed by atoms with Crippen LogP contribution in [0.25, 0.3) is 0 Å². The molecule has 0 spiro atoms. The summed E-state index contributed by atoms with van der Waals surface area (Å²) >= 11 is 5.95. The summed E-state index contributed by atoms with van der Waals surface area (Å²) in [6.45, 7) is 6.02. The lowest BCUT2D eigenvalue weighted by Gasteiger charge is -2.16. The summed E-state index contributed by atoms with van der Waals surface area (Å²) in [5.74, 6) is 1.23. The summed E-state index contributed by atoms with van der Waals surface area (Å²) in [4.78, 5) is 0. The van der Waals surface area contributed by atoms with Crippen LogP contribution in [0.5, 0.6) is 11.5 Å². The SMILES string of the molecule is C=CCc1ccc(OCC(O)Cn2ncc(Cl)c2C)c(OC)c1. The zero-order chi connectivity index (χ0) is 16.8. The van der Waals surface area contributed by atoms with Gasteiger partial charge in [0.05, 0.1) is 30.6 Å². The molecule has 124 valence electrons. The highest BCUT2D eigenvalue weighted by Gasteiger charge is 2.12. The molecule has 0 radical (unpaired) electrons. The third-order valence-corrected chi connectivity index (χ3v) is 3.84. The molecular weight excluding hydrogens is 316 g/mol. The summed E-state index contributed by atoms with van der Waals surface area (Å²) in [5.41, 5.74) is 1.91. The molecule has 0 aliphatic carbocycles. The molecule has 23 heavy (non-hydrogen) atoms. The number of allylic oxidation sites excluding steroid dienone is 1. The quantitative estimate of drug-likeness (QED) is 0.753. The zero-order valence-corrected chi connectivity index (χ0v) is 14.1. The lowest BCUT2D eigenvalue weighted by molar-refractivity contribution is 0.0873. The molecule has 0 saturated heterocycles. The van der Waals surface area contributed by atoms with Gasteiger partial charge in [0.2, 0.25) is 0 Å². The van der Waals surface area contributed by atoms with Crippen molar-refractivity contribution in [3.05, 3.63) is 53.3 Å². The van der Waals surface area contributed by atoms with Crippen LogP contribution in [0.15, 0.2) is 37.1 Å². The molecule has 2 aromatic rings. The highest BCUT2D eigenvalue weighted by Crippen LogP contribution is 2.28. The van der Waals surface area contributed by atoms with Crippen LogP contribution in [0.1, 0.15) is 11.3 Å². The number of aliphatic hydroxyl groups is 1. The number of ether oxygens (including phenoxy) is 2. The molecule has 0 aliphatic heterocycles. The number of nitrogens with zero attached hydrogens (tertiary/aromatic N) is 2. The van der Waals surface area contributed by atoms with E-state index in [1.54, 1.807) is 18.0 Å². The topological polar surface area (TPSA) is 56.5 Å². The van der Waals surface area contributed by atoms with Gasteiger partial charge >= 0.3 is 0 Å². The average Bonchev–Trinajstić information content (AvgIpc) is 2.86. The lowest BCUT2D eigenvalue weighted by atomic mass is 10.1. The Labute approximate surface area is 141 Å². The van der Waals surface area contributed by atoms with E-state index in [9.17, 15) is 5.11 Å². The Kier molecular flexibility index (Phi) is 6.07. The minimum absolute atomic E-state index is 0.133. The highest BCUT2D eigenvalue weighted by atomic mass is 35.5. The Morgan fingerprint density at radius 3 is 2.83 bits per heavy atom. The van der Waals surface area contributed by atoms with Crippen molar-refractivity contribution in [3.63, 3.8) is 0 Å². The molecule has 0 bridgehead atoms. The summed E-state index contributed by atoms with van der Waals surface area (Å²) in [7, 11) is 1.59. The molecule has 1 heterocycles. The largest absolute Gasteiger partial charge is 0.493 e. The van der Waals surface area contributed by atoms with Crippen LogP contribution in [0.2, 0.25) is 5.02 Å². The fraction of sp³-hybridized carbons (Fsp3) is 0.353.